The smallest absolute Gasteiger partial charge is 0.260 e. The number of nitrogens with zero attached hydrogens (tertiary/aromatic N) is 2. The zero-order valence-corrected chi connectivity index (χ0v) is 14.3. The second-order valence-electron chi connectivity index (χ2n) is 5.60. The van der Waals surface area contributed by atoms with E-state index in [1.807, 2.05) is 0 Å². The zero-order valence-electron chi connectivity index (χ0n) is 11.9. The van der Waals surface area contributed by atoms with Gasteiger partial charge in [-0.25, -0.2) is 18.1 Å². The Hall–Kier alpha value is -0.630. The Kier molecular flexibility index (Phi) is 4.02. The average molecular weight is 348 g/mol. The molecule has 0 saturated heterocycles. The highest BCUT2D eigenvalue weighted by Gasteiger charge is 2.36. The van der Waals surface area contributed by atoms with Crippen molar-refractivity contribution in [1.82, 2.24) is 14.1 Å². The van der Waals surface area contributed by atoms with Crippen LogP contribution in [0.4, 0.5) is 0 Å². The zero-order chi connectivity index (χ0) is 15.2. The number of aromatic nitrogens is 2. The third-order valence-corrected chi connectivity index (χ3v) is 7.14. The Morgan fingerprint density at radius 3 is 2.95 bits per heavy atom. The van der Waals surface area contributed by atoms with Crippen molar-refractivity contribution in [3.63, 3.8) is 0 Å². The minimum absolute atomic E-state index is 0.0276. The number of fused-ring (bicyclic) bond motifs is 1. The average Bonchev–Trinajstić information content (AvgIpc) is 3.05. The number of imidazole rings is 1. The predicted octanol–water partition coefficient (Wildman–Crippen LogP) is 3.15. The van der Waals surface area contributed by atoms with Crippen molar-refractivity contribution in [3.05, 3.63) is 16.7 Å². The van der Waals surface area contributed by atoms with Crippen LogP contribution in [0.2, 0.25) is 5.15 Å². The molecule has 0 aliphatic heterocycles. The highest BCUT2D eigenvalue weighted by Crippen LogP contribution is 2.35. The Morgan fingerprint density at radius 1 is 1.52 bits per heavy atom. The number of hydrogen-bond donors (Lipinski definition) is 1. The lowest BCUT2D eigenvalue weighted by Gasteiger charge is -2.20. The second kappa shape index (κ2) is 5.53. The Bertz CT molecular complexity index is 753. The van der Waals surface area contributed by atoms with Gasteiger partial charge in [0.25, 0.3) is 10.0 Å². The Balaban J connectivity index is 1.91. The van der Waals surface area contributed by atoms with Gasteiger partial charge in [-0.05, 0) is 24.7 Å². The van der Waals surface area contributed by atoms with Gasteiger partial charge in [0.15, 0.2) is 15.1 Å². The molecule has 1 N–H and O–H groups in total. The summed E-state index contributed by atoms with van der Waals surface area (Å²) in [6.07, 6.45) is 4.71. The van der Waals surface area contributed by atoms with Crippen LogP contribution in [0, 0.1) is 11.8 Å². The van der Waals surface area contributed by atoms with Gasteiger partial charge >= 0.3 is 0 Å². The van der Waals surface area contributed by atoms with Crippen LogP contribution >= 0.6 is 22.9 Å². The molecule has 21 heavy (non-hydrogen) atoms. The molecule has 0 bridgehead atoms. The number of halogens is 1. The molecule has 3 atom stereocenters. The third-order valence-electron chi connectivity index (χ3n) is 4.49. The van der Waals surface area contributed by atoms with E-state index in [1.54, 1.807) is 11.6 Å². The van der Waals surface area contributed by atoms with Gasteiger partial charge in [-0.15, -0.1) is 11.3 Å². The third kappa shape index (κ3) is 2.60. The summed E-state index contributed by atoms with van der Waals surface area (Å²) in [4.78, 5) is 4.68. The number of nitrogens with one attached hydrogen (secondary N) is 1. The van der Waals surface area contributed by atoms with Crippen LogP contribution < -0.4 is 4.72 Å². The molecule has 1 aliphatic carbocycles. The largest absolute Gasteiger partial charge is 0.279 e. The van der Waals surface area contributed by atoms with Crippen molar-refractivity contribution < 1.29 is 8.42 Å². The Morgan fingerprint density at radius 2 is 2.29 bits per heavy atom. The van der Waals surface area contributed by atoms with Crippen molar-refractivity contribution in [1.29, 1.82) is 0 Å². The number of thiazole rings is 1. The van der Waals surface area contributed by atoms with E-state index in [1.165, 1.54) is 15.7 Å². The summed E-state index contributed by atoms with van der Waals surface area (Å²) < 4.78 is 29.7. The molecule has 3 rings (SSSR count). The summed E-state index contributed by atoms with van der Waals surface area (Å²) in [6, 6.07) is -0.0276. The van der Waals surface area contributed by atoms with Crippen molar-refractivity contribution in [2.24, 2.45) is 11.8 Å². The first-order valence-electron chi connectivity index (χ1n) is 7.07. The van der Waals surface area contributed by atoms with Crippen LogP contribution in [0.5, 0.6) is 0 Å². The van der Waals surface area contributed by atoms with Gasteiger partial charge in [0.2, 0.25) is 0 Å². The molecule has 2 aromatic heterocycles. The van der Waals surface area contributed by atoms with Gasteiger partial charge in [0, 0.05) is 17.6 Å². The predicted molar refractivity (Wildman–Crippen MR) is 84.4 cm³/mol. The van der Waals surface area contributed by atoms with Gasteiger partial charge < -0.3 is 0 Å². The number of sulfonamides is 1. The van der Waals surface area contributed by atoms with E-state index in [9.17, 15) is 8.42 Å². The lowest BCUT2D eigenvalue weighted by molar-refractivity contribution is 0.368. The maximum absolute atomic E-state index is 12.7. The highest BCUT2D eigenvalue weighted by molar-refractivity contribution is 7.89. The topological polar surface area (TPSA) is 63.5 Å². The van der Waals surface area contributed by atoms with Crippen LogP contribution in [0.25, 0.3) is 4.96 Å². The molecular formula is C13H18ClN3O2S2. The van der Waals surface area contributed by atoms with Crippen LogP contribution in [0.1, 0.15) is 33.1 Å². The molecule has 0 amide bonds. The summed E-state index contributed by atoms with van der Waals surface area (Å²) in [5, 5.41) is 1.88. The van der Waals surface area contributed by atoms with Gasteiger partial charge in [-0.2, -0.15) is 0 Å². The van der Waals surface area contributed by atoms with Crippen LogP contribution in [-0.2, 0) is 10.0 Å². The minimum Gasteiger partial charge on any atom is -0.279 e. The fraction of sp³-hybridized carbons (Fsp3) is 0.615. The molecule has 5 nitrogen and oxygen atoms in total. The first-order chi connectivity index (χ1) is 9.94. The van der Waals surface area contributed by atoms with E-state index in [4.69, 9.17) is 11.6 Å². The van der Waals surface area contributed by atoms with E-state index >= 15 is 0 Å². The summed E-state index contributed by atoms with van der Waals surface area (Å²) in [7, 11) is -3.67. The van der Waals surface area contributed by atoms with Gasteiger partial charge in [0.1, 0.15) is 0 Å². The number of rotatable bonds is 4. The maximum Gasteiger partial charge on any atom is 0.260 e. The van der Waals surface area contributed by atoms with Gasteiger partial charge in [0.05, 0.1) is 0 Å². The lowest BCUT2D eigenvalue weighted by Crippen LogP contribution is -2.38. The van der Waals surface area contributed by atoms with E-state index in [2.05, 4.69) is 23.6 Å². The molecule has 2 heterocycles. The van der Waals surface area contributed by atoms with E-state index in [0.717, 1.165) is 19.3 Å². The standard InChI is InChI=1S/C13H18ClN3O2S2/c1-3-9-4-5-10(8(9)2)16-21(18,19)12-11(14)15-13-17(12)6-7-20-13/h6-10,16H,3-5H2,1-2H3. The Labute approximate surface area is 133 Å². The molecule has 1 fully saturated rings. The fourth-order valence-corrected chi connectivity index (χ4v) is 6.04. The molecule has 116 valence electrons. The fourth-order valence-electron chi connectivity index (χ4n) is 3.22. The van der Waals surface area contributed by atoms with Crippen molar-refractivity contribution >= 4 is 37.9 Å². The monoisotopic (exact) mass is 347 g/mol. The van der Waals surface area contributed by atoms with Crippen molar-refractivity contribution in [2.75, 3.05) is 0 Å². The van der Waals surface area contributed by atoms with Crippen LogP contribution in [-0.4, -0.2) is 23.8 Å². The minimum atomic E-state index is -3.67. The summed E-state index contributed by atoms with van der Waals surface area (Å²) in [5.41, 5.74) is 0. The molecule has 2 aromatic rings. The van der Waals surface area contributed by atoms with Crippen LogP contribution in [0.15, 0.2) is 16.6 Å². The van der Waals surface area contributed by atoms with Gasteiger partial charge in [-0.1, -0.05) is 31.9 Å². The first-order valence-corrected chi connectivity index (χ1v) is 9.81. The second-order valence-corrected chi connectivity index (χ2v) is 8.46. The first kappa shape index (κ1) is 15.3. The van der Waals surface area contributed by atoms with Crippen LogP contribution in [0.3, 0.4) is 0 Å². The molecule has 0 spiro atoms. The summed E-state index contributed by atoms with van der Waals surface area (Å²) in [6.45, 7) is 4.27. The number of hydrogen-bond acceptors (Lipinski definition) is 4. The van der Waals surface area contributed by atoms with E-state index in [-0.39, 0.29) is 16.2 Å². The van der Waals surface area contributed by atoms with E-state index in [0.29, 0.717) is 16.8 Å². The quantitative estimate of drug-likeness (QED) is 0.924. The molecule has 1 saturated carbocycles. The SMILES string of the molecule is CCC1CCC(NS(=O)(=O)c2c(Cl)nc3sccn23)C1C. The lowest BCUT2D eigenvalue weighted by atomic mass is 9.94. The molecule has 8 heteroatoms. The van der Waals surface area contributed by atoms with Gasteiger partial charge in [-0.3, -0.25) is 4.40 Å². The maximum atomic E-state index is 12.7. The highest BCUT2D eigenvalue weighted by atomic mass is 35.5. The van der Waals surface area contributed by atoms with Crippen molar-refractivity contribution in [2.45, 2.75) is 44.2 Å². The normalized spacial score (nSPS) is 26.7. The molecule has 3 unspecified atom stereocenters. The molecular weight excluding hydrogens is 330 g/mol. The molecule has 0 aromatic carbocycles. The molecule has 1 aliphatic rings. The summed E-state index contributed by atoms with van der Waals surface area (Å²) >= 11 is 7.39. The van der Waals surface area contributed by atoms with E-state index < -0.39 is 10.0 Å². The van der Waals surface area contributed by atoms with Crippen molar-refractivity contribution in [3.8, 4) is 0 Å². The molecule has 0 radical (unpaired) electrons. The summed E-state index contributed by atoms with van der Waals surface area (Å²) in [5.74, 6) is 0.925.